The monoisotopic (exact) mass is 377 g/mol. The molecule has 2 aliphatic rings. The van der Waals surface area contributed by atoms with Crippen LogP contribution in [0.15, 0.2) is 0 Å². The van der Waals surface area contributed by atoms with E-state index in [1.165, 1.54) is 13.8 Å². The second-order valence-electron chi connectivity index (χ2n) is 7.74. The van der Waals surface area contributed by atoms with Gasteiger partial charge in [-0.05, 0) is 34.6 Å². The van der Waals surface area contributed by atoms with Crippen LogP contribution in [-0.2, 0) is 33.7 Å². The fourth-order valence-corrected chi connectivity index (χ4v) is 5.30. The van der Waals surface area contributed by atoms with Crippen LogP contribution in [0.2, 0.25) is 0 Å². The minimum atomic E-state index is -3.88. The first-order valence-corrected chi connectivity index (χ1v) is 9.33. The van der Waals surface area contributed by atoms with Gasteiger partial charge in [0.1, 0.15) is 11.4 Å². The van der Waals surface area contributed by atoms with Gasteiger partial charge in [-0.3, -0.25) is 9.59 Å². The van der Waals surface area contributed by atoms with Crippen LogP contribution in [0, 0.1) is 11.3 Å². The van der Waals surface area contributed by atoms with Crippen molar-refractivity contribution in [2.45, 2.75) is 50.8 Å². The molecule has 0 aromatic rings. The highest BCUT2D eigenvalue weighted by Crippen LogP contribution is 2.48. The van der Waals surface area contributed by atoms with Crippen molar-refractivity contribution in [1.29, 1.82) is 0 Å². The number of esters is 2. The molecule has 3 atom stereocenters. The third kappa shape index (κ3) is 2.80. The average molecular weight is 377 g/mol. The molecular weight excluding hydrogens is 354 g/mol. The van der Waals surface area contributed by atoms with Crippen LogP contribution >= 0.6 is 0 Å². The SMILES string of the molecule is CC(C)(C)C(=O)OCOC(=O)[C@@H]1N2C(=O)[C@H](CO)[C@H]2S(=O)(=O)C1(C)C. The number of aliphatic hydroxyl groups excluding tert-OH is 1. The van der Waals surface area contributed by atoms with E-state index in [1.54, 1.807) is 20.8 Å². The van der Waals surface area contributed by atoms with Crippen molar-refractivity contribution in [2.75, 3.05) is 13.4 Å². The number of carbonyl (C=O) groups is 3. The van der Waals surface area contributed by atoms with Crippen LogP contribution in [0.5, 0.6) is 0 Å². The fourth-order valence-electron chi connectivity index (χ4n) is 2.99. The second-order valence-corrected chi connectivity index (χ2v) is 10.4. The standard InChI is InChI=1S/C15H23NO8S/c1-14(2,3)13(20)24-7-23-12(19)9-15(4,5)25(21,22)11-8(6-17)10(18)16(9)11/h8-9,11,17H,6-7H2,1-5H3/t8-,9-,11+/m0/s1. The van der Waals surface area contributed by atoms with E-state index in [0.29, 0.717) is 0 Å². The number of sulfone groups is 1. The highest BCUT2D eigenvalue weighted by atomic mass is 32.2. The van der Waals surface area contributed by atoms with Gasteiger partial charge in [-0.2, -0.15) is 0 Å². The lowest BCUT2D eigenvalue weighted by molar-refractivity contribution is -0.181. The number of fused-ring (bicyclic) bond motifs is 1. The van der Waals surface area contributed by atoms with Gasteiger partial charge in [0.25, 0.3) is 0 Å². The van der Waals surface area contributed by atoms with Crippen molar-refractivity contribution in [1.82, 2.24) is 4.90 Å². The first-order chi connectivity index (χ1) is 11.3. The number of nitrogens with zero attached hydrogens (tertiary/aromatic N) is 1. The van der Waals surface area contributed by atoms with E-state index in [0.717, 1.165) is 4.90 Å². The molecule has 2 aliphatic heterocycles. The summed E-state index contributed by atoms with van der Waals surface area (Å²) in [7, 11) is -3.88. The Morgan fingerprint density at radius 3 is 2.28 bits per heavy atom. The molecule has 0 bridgehead atoms. The topological polar surface area (TPSA) is 127 Å². The molecule has 2 fully saturated rings. The molecule has 0 aromatic carbocycles. The van der Waals surface area contributed by atoms with E-state index in [9.17, 15) is 27.9 Å². The van der Waals surface area contributed by atoms with Crippen molar-refractivity contribution >= 4 is 27.7 Å². The fraction of sp³-hybridized carbons (Fsp3) is 0.800. The van der Waals surface area contributed by atoms with Crippen LogP contribution in [0.1, 0.15) is 34.6 Å². The number of carbonyl (C=O) groups excluding carboxylic acids is 3. The van der Waals surface area contributed by atoms with Crippen LogP contribution < -0.4 is 0 Å². The van der Waals surface area contributed by atoms with E-state index in [-0.39, 0.29) is 0 Å². The third-order valence-corrected chi connectivity index (χ3v) is 7.48. The summed E-state index contributed by atoms with van der Waals surface area (Å²) in [6.07, 6.45) is 0. The smallest absolute Gasteiger partial charge is 0.333 e. The van der Waals surface area contributed by atoms with Crippen molar-refractivity contribution in [2.24, 2.45) is 11.3 Å². The Morgan fingerprint density at radius 1 is 1.24 bits per heavy atom. The quantitative estimate of drug-likeness (QED) is 0.392. The molecule has 0 unspecified atom stereocenters. The van der Waals surface area contributed by atoms with Crippen LogP contribution in [0.25, 0.3) is 0 Å². The average Bonchev–Trinajstić information content (AvgIpc) is 2.61. The maximum atomic E-state index is 12.6. The van der Waals surface area contributed by atoms with E-state index in [1.807, 2.05) is 0 Å². The Labute approximate surface area is 146 Å². The number of rotatable bonds is 4. The highest BCUT2D eigenvalue weighted by molar-refractivity contribution is 7.93. The molecule has 0 aliphatic carbocycles. The molecule has 10 heteroatoms. The predicted molar refractivity (Wildman–Crippen MR) is 84.5 cm³/mol. The Morgan fingerprint density at radius 2 is 1.80 bits per heavy atom. The van der Waals surface area contributed by atoms with Gasteiger partial charge in [0.05, 0.1) is 22.7 Å². The maximum Gasteiger partial charge on any atom is 0.333 e. The number of amides is 1. The summed E-state index contributed by atoms with van der Waals surface area (Å²) >= 11 is 0. The van der Waals surface area contributed by atoms with Gasteiger partial charge in [-0.1, -0.05) is 0 Å². The number of aliphatic hydroxyl groups is 1. The summed E-state index contributed by atoms with van der Waals surface area (Å²) < 4.78 is 33.4. The van der Waals surface area contributed by atoms with Crippen molar-refractivity contribution < 1.29 is 37.4 Å². The predicted octanol–water partition coefficient (Wildman–Crippen LogP) is -0.571. The minimum absolute atomic E-state index is 0.586. The summed E-state index contributed by atoms with van der Waals surface area (Å²) in [5, 5.41) is 7.98. The lowest BCUT2D eigenvalue weighted by Gasteiger charge is -2.42. The number of hydrogen-bond acceptors (Lipinski definition) is 8. The summed E-state index contributed by atoms with van der Waals surface area (Å²) in [6.45, 7) is 6.26. The van der Waals surface area contributed by atoms with E-state index >= 15 is 0 Å². The van der Waals surface area contributed by atoms with E-state index in [4.69, 9.17) is 9.47 Å². The summed E-state index contributed by atoms with van der Waals surface area (Å²) in [4.78, 5) is 37.1. The van der Waals surface area contributed by atoms with E-state index in [2.05, 4.69) is 0 Å². The lowest BCUT2D eigenvalue weighted by atomic mass is 9.92. The lowest BCUT2D eigenvalue weighted by Crippen LogP contribution is -2.64. The molecule has 0 saturated carbocycles. The molecule has 1 amide bonds. The zero-order chi connectivity index (χ0) is 19.4. The van der Waals surface area contributed by atoms with Gasteiger partial charge in [-0.25, -0.2) is 13.2 Å². The van der Waals surface area contributed by atoms with Gasteiger partial charge in [0.15, 0.2) is 9.84 Å². The minimum Gasteiger partial charge on any atom is -0.427 e. The Balaban J connectivity index is 2.14. The number of hydrogen-bond donors (Lipinski definition) is 1. The van der Waals surface area contributed by atoms with Gasteiger partial charge < -0.3 is 19.5 Å². The Kier molecular flexibility index (Phi) is 4.67. The van der Waals surface area contributed by atoms with Crippen molar-refractivity contribution in [3.63, 3.8) is 0 Å². The summed E-state index contributed by atoms with van der Waals surface area (Å²) in [5.41, 5.74) is -0.782. The molecule has 0 radical (unpaired) electrons. The number of β-lactam (4-membered cyclic amide) rings is 1. The molecule has 9 nitrogen and oxygen atoms in total. The summed E-state index contributed by atoms with van der Waals surface area (Å²) in [6, 6.07) is -1.36. The Hall–Kier alpha value is -1.68. The maximum absolute atomic E-state index is 12.6. The zero-order valence-corrected chi connectivity index (χ0v) is 15.6. The van der Waals surface area contributed by atoms with Gasteiger partial charge in [0, 0.05) is 0 Å². The van der Waals surface area contributed by atoms with Crippen LogP contribution in [0.3, 0.4) is 0 Å². The molecule has 1 N–H and O–H groups in total. The van der Waals surface area contributed by atoms with Crippen LogP contribution in [0.4, 0.5) is 0 Å². The molecule has 142 valence electrons. The zero-order valence-electron chi connectivity index (χ0n) is 14.8. The molecule has 0 aromatic heterocycles. The molecule has 2 saturated heterocycles. The Bertz CT molecular complexity index is 706. The first-order valence-electron chi connectivity index (χ1n) is 7.78. The van der Waals surface area contributed by atoms with Crippen molar-refractivity contribution in [3.05, 3.63) is 0 Å². The molecule has 2 rings (SSSR count). The molecule has 25 heavy (non-hydrogen) atoms. The first kappa shape index (κ1) is 19.6. The van der Waals surface area contributed by atoms with Crippen molar-refractivity contribution in [3.8, 4) is 0 Å². The van der Waals surface area contributed by atoms with E-state index < -0.39 is 68.6 Å². The number of ether oxygens (including phenoxy) is 2. The largest absolute Gasteiger partial charge is 0.427 e. The second kappa shape index (κ2) is 5.94. The molecule has 2 heterocycles. The van der Waals surface area contributed by atoms with Gasteiger partial charge in [-0.15, -0.1) is 0 Å². The molecular formula is C15H23NO8S. The highest BCUT2D eigenvalue weighted by Gasteiger charge is 2.72. The molecule has 0 spiro atoms. The summed E-state index contributed by atoms with van der Waals surface area (Å²) in [5.74, 6) is -3.24. The van der Waals surface area contributed by atoms with Gasteiger partial charge in [0.2, 0.25) is 12.7 Å². The van der Waals surface area contributed by atoms with Crippen LogP contribution in [-0.4, -0.2) is 65.8 Å². The normalized spacial score (nSPS) is 29.6. The van der Waals surface area contributed by atoms with Gasteiger partial charge >= 0.3 is 11.9 Å². The third-order valence-electron chi connectivity index (χ3n) is 4.60.